The van der Waals surface area contributed by atoms with Crippen molar-refractivity contribution >= 4 is 23.0 Å². The molecular weight excluding hydrogens is 294 g/mol. The summed E-state index contributed by atoms with van der Waals surface area (Å²) in [7, 11) is 0. The molecule has 1 aromatic heterocycles. The third-order valence-corrected chi connectivity index (χ3v) is 3.98. The van der Waals surface area contributed by atoms with Gasteiger partial charge >= 0.3 is 5.97 Å². The van der Waals surface area contributed by atoms with Crippen LogP contribution in [0, 0.1) is 24.0 Å². The Balaban J connectivity index is 2.17. The number of nitro benzene ring substituents is 1. The van der Waals surface area contributed by atoms with E-state index in [2.05, 4.69) is 0 Å². The lowest BCUT2D eigenvalue weighted by atomic mass is 10.1. The van der Waals surface area contributed by atoms with Crippen LogP contribution in [0.1, 0.15) is 25.7 Å². The van der Waals surface area contributed by atoms with Crippen LogP contribution in [0.4, 0.5) is 5.69 Å². The van der Waals surface area contributed by atoms with Crippen LogP contribution in [0.15, 0.2) is 24.3 Å². The van der Waals surface area contributed by atoms with Crippen LogP contribution in [0.5, 0.6) is 5.75 Å². The van der Waals surface area contributed by atoms with Crippen LogP contribution >= 0.6 is 11.3 Å². The molecule has 1 heterocycles. The van der Waals surface area contributed by atoms with E-state index in [0.717, 1.165) is 21.8 Å². The molecule has 0 aliphatic rings. The van der Waals surface area contributed by atoms with Gasteiger partial charge < -0.3 is 9.84 Å². The van der Waals surface area contributed by atoms with E-state index in [-0.39, 0.29) is 17.2 Å². The molecule has 0 bridgehead atoms. The quantitative estimate of drug-likeness (QED) is 0.674. The summed E-state index contributed by atoms with van der Waals surface area (Å²) in [4.78, 5) is 22.3. The summed E-state index contributed by atoms with van der Waals surface area (Å²) in [5, 5.41) is 19.8. The number of carbonyl (C=O) groups is 1. The van der Waals surface area contributed by atoms with Crippen LogP contribution in [0.2, 0.25) is 0 Å². The highest BCUT2D eigenvalue weighted by molar-refractivity contribution is 7.13. The zero-order valence-electron chi connectivity index (χ0n) is 11.5. The van der Waals surface area contributed by atoms with Crippen molar-refractivity contribution in [2.75, 3.05) is 0 Å². The van der Waals surface area contributed by atoms with Crippen molar-refractivity contribution in [2.45, 2.75) is 20.5 Å². The number of nitro groups is 1. The van der Waals surface area contributed by atoms with Gasteiger partial charge in [-0.15, -0.1) is 11.3 Å². The van der Waals surface area contributed by atoms with Crippen LogP contribution in [-0.4, -0.2) is 16.0 Å². The highest BCUT2D eigenvalue weighted by atomic mass is 32.1. The van der Waals surface area contributed by atoms with Gasteiger partial charge in [0.2, 0.25) is 0 Å². The summed E-state index contributed by atoms with van der Waals surface area (Å²) < 4.78 is 5.57. The second-order valence-corrected chi connectivity index (χ2v) is 5.69. The van der Waals surface area contributed by atoms with Gasteiger partial charge in [-0.25, -0.2) is 4.79 Å². The fraction of sp³-hybridized carbons (Fsp3) is 0.214. The molecular formula is C14H13NO5S. The van der Waals surface area contributed by atoms with Crippen molar-refractivity contribution < 1.29 is 19.6 Å². The van der Waals surface area contributed by atoms with Gasteiger partial charge in [0.1, 0.15) is 17.2 Å². The van der Waals surface area contributed by atoms with E-state index in [1.54, 1.807) is 19.1 Å². The topological polar surface area (TPSA) is 89.7 Å². The molecule has 0 radical (unpaired) electrons. The summed E-state index contributed by atoms with van der Waals surface area (Å²) in [6.07, 6.45) is 0. The fourth-order valence-electron chi connectivity index (χ4n) is 1.89. The first kappa shape index (κ1) is 15.0. The molecule has 0 atom stereocenters. The number of rotatable bonds is 5. The predicted octanol–water partition coefficient (Wildman–Crippen LogP) is 3.55. The Bertz CT molecular complexity index is 707. The van der Waals surface area contributed by atoms with E-state index in [4.69, 9.17) is 9.84 Å². The number of carboxylic acid groups (broad SMARTS) is 1. The predicted molar refractivity (Wildman–Crippen MR) is 78.2 cm³/mol. The minimum atomic E-state index is -0.978. The minimum absolute atomic E-state index is 0.00741. The number of aryl methyl sites for hydroxylation is 2. The molecule has 110 valence electrons. The standard InChI is InChI=1S/C14H13NO5S/c1-8-5-9(2)12(6-11(8)15(18)19)20-7-10-3-4-13(21-10)14(16)17/h3-6H,7H2,1-2H3,(H,16,17). The fourth-order valence-corrected chi connectivity index (χ4v) is 2.65. The smallest absolute Gasteiger partial charge is 0.345 e. The number of hydrogen-bond donors (Lipinski definition) is 1. The molecule has 1 aromatic carbocycles. The first-order valence-electron chi connectivity index (χ1n) is 6.09. The Morgan fingerprint density at radius 1 is 1.33 bits per heavy atom. The molecule has 6 nitrogen and oxygen atoms in total. The van der Waals surface area contributed by atoms with Gasteiger partial charge in [0, 0.05) is 10.4 Å². The Hall–Kier alpha value is -2.41. The second-order valence-electron chi connectivity index (χ2n) is 4.52. The summed E-state index contributed by atoms with van der Waals surface area (Å²) in [5.74, 6) is -0.550. The molecule has 0 unspecified atom stereocenters. The lowest BCUT2D eigenvalue weighted by Gasteiger charge is -2.09. The van der Waals surface area contributed by atoms with E-state index in [1.807, 2.05) is 6.92 Å². The normalized spacial score (nSPS) is 10.4. The SMILES string of the molecule is Cc1cc(C)c([N+](=O)[O-])cc1OCc1ccc(C(=O)O)s1. The number of aromatic carboxylic acids is 1. The molecule has 0 fully saturated rings. The lowest BCUT2D eigenvalue weighted by molar-refractivity contribution is -0.385. The van der Waals surface area contributed by atoms with Gasteiger partial charge in [-0.1, -0.05) is 0 Å². The second kappa shape index (κ2) is 5.92. The maximum absolute atomic E-state index is 10.9. The zero-order valence-corrected chi connectivity index (χ0v) is 12.3. The molecule has 0 spiro atoms. The molecule has 0 saturated heterocycles. The summed E-state index contributed by atoms with van der Waals surface area (Å²) >= 11 is 1.12. The van der Waals surface area contributed by atoms with E-state index >= 15 is 0 Å². The molecule has 2 rings (SSSR count). The lowest BCUT2D eigenvalue weighted by Crippen LogP contribution is -1.98. The number of carboxylic acids is 1. The van der Waals surface area contributed by atoms with Gasteiger partial charge in [0.05, 0.1) is 11.0 Å². The van der Waals surface area contributed by atoms with E-state index in [9.17, 15) is 14.9 Å². The Morgan fingerprint density at radius 3 is 2.62 bits per heavy atom. The summed E-state index contributed by atoms with van der Waals surface area (Å²) in [6.45, 7) is 3.66. The number of benzene rings is 1. The van der Waals surface area contributed by atoms with E-state index < -0.39 is 10.9 Å². The van der Waals surface area contributed by atoms with Gasteiger partial charge in [-0.2, -0.15) is 0 Å². The van der Waals surface area contributed by atoms with Gasteiger partial charge in [0.15, 0.2) is 0 Å². The highest BCUT2D eigenvalue weighted by Gasteiger charge is 2.15. The van der Waals surface area contributed by atoms with Crippen molar-refractivity contribution in [3.8, 4) is 5.75 Å². The minimum Gasteiger partial charge on any atom is -0.488 e. The zero-order chi connectivity index (χ0) is 15.6. The summed E-state index contributed by atoms with van der Waals surface area (Å²) in [5.41, 5.74) is 1.38. The average Bonchev–Trinajstić information content (AvgIpc) is 2.86. The van der Waals surface area contributed by atoms with Crippen molar-refractivity contribution in [2.24, 2.45) is 0 Å². The van der Waals surface area contributed by atoms with Crippen LogP contribution in [-0.2, 0) is 6.61 Å². The summed E-state index contributed by atoms with van der Waals surface area (Å²) in [6, 6.07) is 6.28. The molecule has 21 heavy (non-hydrogen) atoms. The molecule has 7 heteroatoms. The molecule has 0 saturated carbocycles. The van der Waals surface area contributed by atoms with E-state index in [1.165, 1.54) is 12.1 Å². The Morgan fingerprint density at radius 2 is 2.05 bits per heavy atom. The number of hydrogen-bond acceptors (Lipinski definition) is 5. The van der Waals surface area contributed by atoms with Crippen molar-refractivity contribution in [1.82, 2.24) is 0 Å². The molecule has 2 aromatic rings. The molecule has 1 N–H and O–H groups in total. The largest absolute Gasteiger partial charge is 0.488 e. The van der Waals surface area contributed by atoms with Crippen LogP contribution in [0.25, 0.3) is 0 Å². The Kier molecular flexibility index (Phi) is 4.23. The van der Waals surface area contributed by atoms with Gasteiger partial charge in [0.25, 0.3) is 5.69 Å². The van der Waals surface area contributed by atoms with Gasteiger partial charge in [-0.3, -0.25) is 10.1 Å². The van der Waals surface area contributed by atoms with Crippen LogP contribution in [0.3, 0.4) is 0 Å². The van der Waals surface area contributed by atoms with Gasteiger partial charge in [-0.05, 0) is 37.6 Å². The molecule has 0 aliphatic carbocycles. The molecule has 0 aliphatic heterocycles. The maximum Gasteiger partial charge on any atom is 0.345 e. The number of ether oxygens (including phenoxy) is 1. The van der Waals surface area contributed by atoms with Crippen LogP contribution < -0.4 is 4.74 Å². The first-order chi connectivity index (χ1) is 9.88. The maximum atomic E-state index is 10.9. The third-order valence-electron chi connectivity index (χ3n) is 2.93. The Labute approximate surface area is 124 Å². The van der Waals surface area contributed by atoms with Crippen molar-refractivity contribution in [1.29, 1.82) is 0 Å². The number of nitrogens with zero attached hydrogens (tertiary/aromatic N) is 1. The third kappa shape index (κ3) is 3.38. The monoisotopic (exact) mass is 307 g/mol. The average molecular weight is 307 g/mol. The first-order valence-corrected chi connectivity index (χ1v) is 6.90. The highest BCUT2D eigenvalue weighted by Crippen LogP contribution is 2.29. The van der Waals surface area contributed by atoms with Crippen molar-refractivity contribution in [3.63, 3.8) is 0 Å². The van der Waals surface area contributed by atoms with E-state index in [0.29, 0.717) is 11.3 Å². The molecule has 0 amide bonds. The number of thiophene rings is 1. The van der Waals surface area contributed by atoms with Crippen molar-refractivity contribution in [3.05, 3.63) is 55.3 Å².